The summed E-state index contributed by atoms with van der Waals surface area (Å²) in [4.78, 5) is 25.6. The lowest BCUT2D eigenvalue weighted by atomic mass is 10.2. The molecule has 1 fully saturated rings. The number of thioether (sulfide) groups is 1. The van der Waals surface area contributed by atoms with Gasteiger partial charge in [-0.15, -0.1) is 12.4 Å². The molecule has 0 spiro atoms. The molecule has 3 aliphatic rings. The minimum absolute atomic E-state index is 0. The highest BCUT2D eigenvalue weighted by molar-refractivity contribution is 8.03. The molecule has 8 nitrogen and oxygen atoms in total. The summed E-state index contributed by atoms with van der Waals surface area (Å²) in [5.74, 6) is 1.44. The second kappa shape index (κ2) is 9.38. The second-order valence-electron chi connectivity index (χ2n) is 7.01. The quantitative estimate of drug-likeness (QED) is 0.568. The Morgan fingerprint density at radius 2 is 1.79 bits per heavy atom. The lowest BCUT2D eigenvalue weighted by molar-refractivity contribution is -0.122. The monoisotopic (exact) mass is 479 g/mol. The average molecular weight is 480 g/mol. The van der Waals surface area contributed by atoms with E-state index in [9.17, 15) is 13.2 Å². The highest BCUT2D eigenvalue weighted by Gasteiger charge is 2.45. The predicted molar refractivity (Wildman–Crippen MR) is 117 cm³/mol. The van der Waals surface area contributed by atoms with Gasteiger partial charge in [-0.1, -0.05) is 11.6 Å². The zero-order chi connectivity index (χ0) is 19.7. The molecule has 3 aliphatic heterocycles. The molecule has 0 N–H and O–H groups in total. The molecule has 0 unspecified atom stereocenters. The molecule has 0 aliphatic carbocycles. The Kier molecular flexibility index (Phi) is 7.32. The first-order valence-corrected chi connectivity index (χ1v) is 12.3. The van der Waals surface area contributed by atoms with Crippen LogP contribution in [0.25, 0.3) is 0 Å². The van der Waals surface area contributed by atoms with Crippen LogP contribution in [0.3, 0.4) is 0 Å². The van der Waals surface area contributed by atoms with E-state index in [2.05, 4.69) is 19.8 Å². The van der Waals surface area contributed by atoms with Crippen molar-refractivity contribution in [2.75, 3.05) is 55.7 Å². The van der Waals surface area contributed by atoms with Gasteiger partial charge >= 0.3 is 0 Å². The van der Waals surface area contributed by atoms with Gasteiger partial charge in [-0.3, -0.25) is 14.7 Å². The van der Waals surface area contributed by atoms with Crippen LogP contribution in [0.1, 0.15) is 12.8 Å². The van der Waals surface area contributed by atoms with Crippen molar-refractivity contribution in [1.82, 2.24) is 19.2 Å². The van der Waals surface area contributed by atoms with Crippen molar-refractivity contribution in [3.63, 3.8) is 0 Å². The maximum Gasteiger partial charge on any atom is 0.265 e. The van der Waals surface area contributed by atoms with E-state index in [1.165, 1.54) is 18.0 Å². The molecule has 0 atom stereocenters. The van der Waals surface area contributed by atoms with Crippen LogP contribution in [-0.4, -0.2) is 84.3 Å². The van der Waals surface area contributed by atoms with Gasteiger partial charge in [0, 0.05) is 49.8 Å². The standard InChI is InChI=1S/C17H22ClN5O3S2.ClH/c18-15-9-19-10-16(20-15)22-7-5-21(6-8-22)3-1-2-4-23-17(24)13-11-27-12-14(13)28(23,25)26;/h9-10H,1-8,11-12H2;1H. The first kappa shape index (κ1) is 22.6. The van der Waals surface area contributed by atoms with Crippen molar-refractivity contribution in [2.45, 2.75) is 12.8 Å². The molecule has 160 valence electrons. The Morgan fingerprint density at radius 1 is 1.07 bits per heavy atom. The number of unbranched alkanes of at least 4 members (excludes halogenated alkanes) is 1. The number of halogens is 2. The summed E-state index contributed by atoms with van der Waals surface area (Å²) in [6, 6.07) is 0. The number of hydrogen-bond donors (Lipinski definition) is 0. The SMILES string of the molecule is Cl.O=C1C2=C(CSC2)S(=O)(=O)N1CCCCN1CCN(c2cncc(Cl)n2)CC1. The Morgan fingerprint density at radius 3 is 2.48 bits per heavy atom. The summed E-state index contributed by atoms with van der Waals surface area (Å²) in [6.07, 6.45) is 4.78. The number of hydrogen-bond acceptors (Lipinski definition) is 8. The zero-order valence-electron chi connectivity index (χ0n) is 15.8. The third-order valence-corrected chi connectivity index (χ3v) is 8.57. The van der Waals surface area contributed by atoms with E-state index >= 15 is 0 Å². The molecule has 0 bridgehead atoms. The van der Waals surface area contributed by atoms with Crippen LogP contribution in [-0.2, 0) is 14.8 Å². The Bertz CT molecular complexity index is 904. The highest BCUT2D eigenvalue weighted by atomic mass is 35.5. The van der Waals surface area contributed by atoms with Gasteiger partial charge in [-0.05, 0) is 19.4 Å². The number of amides is 1. The first-order valence-electron chi connectivity index (χ1n) is 9.28. The van der Waals surface area contributed by atoms with Gasteiger partial charge in [0.25, 0.3) is 15.9 Å². The zero-order valence-corrected chi connectivity index (χ0v) is 19.0. The molecular formula is C17H23Cl2N5O3S2. The molecule has 0 aromatic carbocycles. The number of carbonyl (C=O) groups is 1. The highest BCUT2D eigenvalue weighted by Crippen LogP contribution is 2.37. The summed E-state index contributed by atoms with van der Waals surface area (Å²) >= 11 is 7.40. The first-order chi connectivity index (χ1) is 13.5. The molecule has 0 radical (unpaired) electrons. The summed E-state index contributed by atoms with van der Waals surface area (Å²) in [5, 5.41) is 0.394. The fraction of sp³-hybridized carbons (Fsp3) is 0.588. The van der Waals surface area contributed by atoms with Crippen molar-refractivity contribution < 1.29 is 13.2 Å². The summed E-state index contributed by atoms with van der Waals surface area (Å²) < 4.78 is 26.0. The minimum Gasteiger partial charge on any atom is -0.353 e. The molecule has 4 heterocycles. The van der Waals surface area contributed by atoms with Gasteiger partial charge < -0.3 is 4.90 Å². The van der Waals surface area contributed by atoms with Gasteiger partial charge in [0.1, 0.15) is 11.0 Å². The van der Waals surface area contributed by atoms with Crippen molar-refractivity contribution >= 4 is 57.5 Å². The number of piperazine rings is 1. The molecular weight excluding hydrogens is 457 g/mol. The van der Waals surface area contributed by atoms with Gasteiger partial charge in [-0.25, -0.2) is 17.7 Å². The fourth-order valence-corrected chi connectivity index (χ4v) is 7.19. The van der Waals surface area contributed by atoms with Crippen LogP contribution in [0.2, 0.25) is 5.15 Å². The van der Waals surface area contributed by atoms with Gasteiger partial charge in [0.15, 0.2) is 0 Å². The third kappa shape index (κ3) is 4.66. The van der Waals surface area contributed by atoms with E-state index in [4.69, 9.17) is 11.6 Å². The average Bonchev–Trinajstić information content (AvgIpc) is 3.24. The van der Waals surface area contributed by atoms with Crippen molar-refractivity contribution in [3.8, 4) is 0 Å². The lowest BCUT2D eigenvalue weighted by Gasteiger charge is -2.35. The Hall–Kier alpha value is -1.07. The van der Waals surface area contributed by atoms with Crippen LogP contribution in [0.15, 0.2) is 22.9 Å². The molecule has 12 heteroatoms. The van der Waals surface area contributed by atoms with Crippen LogP contribution >= 0.6 is 35.8 Å². The second-order valence-corrected chi connectivity index (χ2v) is 10.3. The Labute approximate surface area is 186 Å². The number of carbonyl (C=O) groups excluding carboxylic acids is 1. The predicted octanol–water partition coefficient (Wildman–Crippen LogP) is 1.63. The smallest absolute Gasteiger partial charge is 0.265 e. The molecule has 1 saturated heterocycles. The molecule has 29 heavy (non-hydrogen) atoms. The normalized spacial score (nSPS) is 21.5. The van der Waals surface area contributed by atoms with E-state index in [0.29, 0.717) is 33.6 Å². The largest absolute Gasteiger partial charge is 0.353 e. The van der Waals surface area contributed by atoms with Crippen LogP contribution in [0.5, 0.6) is 0 Å². The maximum absolute atomic E-state index is 12.5. The fourth-order valence-electron chi connectivity index (χ4n) is 3.72. The van der Waals surface area contributed by atoms with Crippen molar-refractivity contribution in [2.24, 2.45) is 0 Å². The van der Waals surface area contributed by atoms with Gasteiger partial charge in [-0.2, -0.15) is 11.8 Å². The van der Waals surface area contributed by atoms with Crippen molar-refractivity contribution in [1.29, 1.82) is 0 Å². The van der Waals surface area contributed by atoms with Gasteiger partial charge in [0.2, 0.25) is 0 Å². The topological polar surface area (TPSA) is 86.7 Å². The number of nitrogens with zero attached hydrogens (tertiary/aromatic N) is 5. The van der Waals surface area contributed by atoms with E-state index in [-0.39, 0.29) is 24.9 Å². The molecule has 0 saturated carbocycles. The van der Waals surface area contributed by atoms with Crippen LogP contribution in [0, 0.1) is 0 Å². The maximum atomic E-state index is 12.5. The molecule has 1 aromatic heterocycles. The summed E-state index contributed by atoms with van der Waals surface area (Å²) in [7, 11) is -3.56. The molecule has 1 aromatic rings. The van der Waals surface area contributed by atoms with E-state index < -0.39 is 10.0 Å². The Balaban J connectivity index is 0.00000240. The summed E-state index contributed by atoms with van der Waals surface area (Å²) in [5.41, 5.74) is 0.491. The van der Waals surface area contributed by atoms with E-state index in [1.807, 2.05) is 0 Å². The van der Waals surface area contributed by atoms with E-state index in [1.54, 1.807) is 6.20 Å². The number of sulfonamides is 1. The number of aromatic nitrogens is 2. The third-order valence-electron chi connectivity index (χ3n) is 5.28. The molecule has 1 amide bonds. The van der Waals surface area contributed by atoms with Gasteiger partial charge in [0.05, 0.1) is 17.3 Å². The summed E-state index contributed by atoms with van der Waals surface area (Å²) in [6.45, 7) is 4.67. The molecule has 4 rings (SSSR count). The number of anilines is 1. The van der Waals surface area contributed by atoms with E-state index in [0.717, 1.165) is 49.3 Å². The van der Waals surface area contributed by atoms with Crippen LogP contribution in [0.4, 0.5) is 5.82 Å². The lowest BCUT2D eigenvalue weighted by Crippen LogP contribution is -2.47. The van der Waals surface area contributed by atoms with Crippen LogP contribution < -0.4 is 4.90 Å². The van der Waals surface area contributed by atoms with Crippen molar-refractivity contribution in [3.05, 3.63) is 28.0 Å². The minimum atomic E-state index is -3.56. The number of rotatable bonds is 6.